The van der Waals surface area contributed by atoms with E-state index in [2.05, 4.69) is 30.4 Å². The van der Waals surface area contributed by atoms with E-state index in [4.69, 9.17) is 4.74 Å². The highest BCUT2D eigenvalue weighted by atomic mass is 19.3. The van der Waals surface area contributed by atoms with E-state index in [1.54, 1.807) is 36.1 Å². The van der Waals surface area contributed by atoms with Crippen molar-refractivity contribution in [2.75, 3.05) is 11.9 Å². The third-order valence-corrected chi connectivity index (χ3v) is 4.51. The van der Waals surface area contributed by atoms with Gasteiger partial charge in [0.2, 0.25) is 0 Å². The maximum absolute atomic E-state index is 12.6. The first-order chi connectivity index (χ1) is 14.9. The quantitative estimate of drug-likeness (QED) is 0.467. The van der Waals surface area contributed by atoms with Crippen LogP contribution in [0.5, 0.6) is 6.01 Å². The number of ether oxygens (including phenoxy) is 1. The summed E-state index contributed by atoms with van der Waals surface area (Å²) in [7, 11) is 0. The number of carbonyl (C=O) groups is 1. The molecule has 0 spiro atoms. The molecule has 11 heteroatoms. The number of pyridine rings is 1. The number of carbonyl (C=O) groups excluding carboxylic acids is 1. The minimum atomic E-state index is -2.61. The zero-order valence-electron chi connectivity index (χ0n) is 16.8. The zero-order valence-corrected chi connectivity index (χ0v) is 16.8. The number of aromatic nitrogens is 6. The molecule has 4 aromatic heterocycles. The average molecular weight is 427 g/mol. The number of anilines is 1. The van der Waals surface area contributed by atoms with Gasteiger partial charge in [-0.15, -0.1) is 0 Å². The number of fused-ring (bicyclic) bond motifs is 1. The van der Waals surface area contributed by atoms with Crippen LogP contribution in [0.3, 0.4) is 0 Å². The molecule has 0 radical (unpaired) electrons. The topological polar surface area (TPSA) is 111 Å². The van der Waals surface area contributed by atoms with Crippen LogP contribution < -0.4 is 10.1 Å². The zero-order chi connectivity index (χ0) is 22.0. The molecule has 1 amide bonds. The van der Waals surface area contributed by atoms with E-state index in [0.29, 0.717) is 35.0 Å². The molecule has 0 atom stereocenters. The van der Waals surface area contributed by atoms with E-state index in [9.17, 15) is 13.6 Å². The smallest absolute Gasteiger partial charge is 0.317 e. The maximum Gasteiger partial charge on any atom is 0.317 e. The van der Waals surface area contributed by atoms with Crippen molar-refractivity contribution in [2.24, 2.45) is 0 Å². The number of halogens is 2. The number of nitrogens with zero attached hydrogens (tertiary/aromatic N) is 5. The first-order valence-electron chi connectivity index (χ1n) is 9.51. The summed E-state index contributed by atoms with van der Waals surface area (Å²) < 4.78 is 31.2. The van der Waals surface area contributed by atoms with Gasteiger partial charge in [0.15, 0.2) is 6.61 Å². The highest BCUT2D eigenvalue weighted by molar-refractivity contribution is 6.05. The molecular formula is C20H19F2N7O2. The van der Waals surface area contributed by atoms with E-state index in [-0.39, 0.29) is 11.9 Å². The average Bonchev–Trinajstić information content (AvgIpc) is 3.35. The lowest BCUT2D eigenvalue weighted by Crippen LogP contribution is -2.13. The van der Waals surface area contributed by atoms with Gasteiger partial charge in [0.25, 0.3) is 12.3 Å². The van der Waals surface area contributed by atoms with Crippen LogP contribution in [0.4, 0.5) is 14.6 Å². The summed E-state index contributed by atoms with van der Waals surface area (Å²) in [5.41, 5.74) is 2.94. The van der Waals surface area contributed by atoms with Crippen LogP contribution in [0, 0.1) is 6.92 Å². The predicted octanol–water partition coefficient (Wildman–Crippen LogP) is 3.44. The van der Waals surface area contributed by atoms with Crippen LogP contribution in [0.15, 0.2) is 36.8 Å². The van der Waals surface area contributed by atoms with Gasteiger partial charge < -0.3 is 15.0 Å². The second kappa shape index (κ2) is 8.46. The molecule has 0 aliphatic heterocycles. The molecule has 0 aliphatic carbocycles. The van der Waals surface area contributed by atoms with Gasteiger partial charge in [-0.05, 0) is 26.0 Å². The molecule has 0 aromatic carbocycles. The Morgan fingerprint density at radius 3 is 2.90 bits per heavy atom. The summed E-state index contributed by atoms with van der Waals surface area (Å²) >= 11 is 0. The molecule has 160 valence electrons. The first-order valence-corrected chi connectivity index (χ1v) is 9.51. The number of amides is 1. The van der Waals surface area contributed by atoms with Gasteiger partial charge in [-0.2, -0.15) is 10.1 Å². The van der Waals surface area contributed by atoms with Crippen molar-refractivity contribution >= 4 is 22.6 Å². The van der Waals surface area contributed by atoms with Crippen LogP contribution in [0.2, 0.25) is 0 Å². The summed E-state index contributed by atoms with van der Waals surface area (Å²) in [6.45, 7) is 3.61. The van der Waals surface area contributed by atoms with Crippen LogP contribution >= 0.6 is 0 Å². The highest BCUT2D eigenvalue weighted by Crippen LogP contribution is 2.25. The normalized spacial score (nSPS) is 11.3. The Balaban J connectivity index is 1.55. The van der Waals surface area contributed by atoms with E-state index in [1.165, 1.54) is 6.20 Å². The summed E-state index contributed by atoms with van der Waals surface area (Å²) in [4.78, 5) is 28.0. The lowest BCUT2D eigenvalue weighted by Gasteiger charge is -2.04. The van der Waals surface area contributed by atoms with E-state index in [0.717, 1.165) is 10.9 Å². The Bertz CT molecular complexity index is 1240. The molecule has 4 rings (SSSR count). The lowest BCUT2D eigenvalue weighted by molar-refractivity contribution is 0.0770. The van der Waals surface area contributed by atoms with Crippen molar-refractivity contribution < 1.29 is 18.3 Å². The fourth-order valence-electron chi connectivity index (χ4n) is 3.02. The Morgan fingerprint density at radius 1 is 1.32 bits per heavy atom. The van der Waals surface area contributed by atoms with Gasteiger partial charge in [-0.1, -0.05) is 0 Å². The third kappa shape index (κ3) is 4.49. The predicted molar refractivity (Wildman–Crippen MR) is 109 cm³/mol. The van der Waals surface area contributed by atoms with Crippen molar-refractivity contribution in [3.05, 3.63) is 48.0 Å². The molecule has 9 nitrogen and oxygen atoms in total. The van der Waals surface area contributed by atoms with Crippen LogP contribution in [0.1, 0.15) is 23.0 Å². The van der Waals surface area contributed by atoms with Crippen molar-refractivity contribution in [3.8, 4) is 17.4 Å². The number of H-pyrrole nitrogens is 1. The first kappa shape index (κ1) is 20.4. The number of aryl methyl sites for hydroxylation is 2. The molecule has 4 aromatic rings. The summed E-state index contributed by atoms with van der Waals surface area (Å²) in [6, 6.07) is 5.00. The van der Waals surface area contributed by atoms with E-state index >= 15 is 0 Å². The van der Waals surface area contributed by atoms with Crippen LogP contribution in [0.25, 0.3) is 22.3 Å². The number of rotatable bonds is 7. The van der Waals surface area contributed by atoms with Crippen molar-refractivity contribution in [2.45, 2.75) is 26.8 Å². The number of aromatic amines is 1. The Hall–Kier alpha value is -3.89. The standard InChI is InChI=1S/C20H19F2N7O2/c1-3-29-9-13(11(2)28-29)19(30)27-18-7-15-12(8-24-18)6-16(25-15)14-4-5-23-20(26-14)31-10-17(21)22/h4-9,17,25H,3,10H2,1-2H3,(H,24,27,30). The largest absolute Gasteiger partial charge is 0.457 e. The SMILES string of the molecule is CCn1cc(C(=O)Nc2cc3[nH]c(-c4ccnc(OCC(F)F)n4)cc3cn2)c(C)n1. The minimum absolute atomic E-state index is 0.134. The van der Waals surface area contributed by atoms with Gasteiger partial charge in [-0.3, -0.25) is 9.48 Å². The fourth-order valence-corrected chi connectivity index (χ4v) is 3.02. The highest BCUT2D eigenvalue weighted by Gasteiger charge is 2.15. The van der Waals surface area contributed by atoms with E-state index in [1.807, 2.05) is 13.0 Å². The van der Waals surface area contributed by atoms with Gasteiger partial charge in [-0.25, -0.2) is 18.7 Å². The molecule has 31 heavy (non-hydrogen) atoms. The summed E-state index contributed by atoms with van der Waals surface area (Å²) in [5, 5.41) is 7.84. The molecule has 0 fully saturated rings. The molecule has 4 heterocycles. The van der Waals surface area contributed by atoms with Crippen LogP contribution in [-0.2, 0) is 6.54 Å². The van der Waals surface area contributed by atoms with E-state index < -0.39 is 13.0 Å². The fraction of sp³-hybridized carbons (Fsp3) is 0.250. The van der Waals surface area contributed by atoms with Gasteiger partial charge in [0, 0.05) is 36.6 Å². The van der Waals surface area contributed by atoms with Crippen LogP contribution in [-0.4, -0.2) is 48.7 Å². The lowest BCUT2D eigenvalue weighted by atomic mass is 10.2. The van der Waals surface area contributed by atoms with Crippen molar-refractivity contribution in [1.29, 1.82) is 0 Å². The number of hydrogen-bond acceptors (Lipinski definition) is 6. The maximum atomic E-state index is 12.6. The van der Waals surface area contributed by atoms with Crippen molar-refractivity contribution in [3.63, 3.8) is 0 Å². The Labute approximate surface area is 175 Å². The Morgan fingerprint density at radius 2 is 2.16 bits per heavy atom. The Kier molecular flexibility index (Phi) is 5.56. The second-order valence-corrected chi connectivity index (χ2v) is 6.70. The molecular weight excluding hydrogens is 408 g/mol. The van der Waals surface area contributed by atoms with Gasteiger partial charge in [0.1, 0.15) is 5.82 Å². The minimum Gasteiger partial charge on any atom is -0.457 e. The molecule has 0 unspecified atom stereocenters. The third-order valence-electron chi connectivity index (χ3n) is 4.51. The number of nitrogens with one attached hydrogen (secondary N) is 2. The molecule has 0 saturated heterocycles. The monoisotopic (exact) mass is 427 g/mol. The summed E-state index contributed by atoms with van der Waals surface area (Å²) in [5.74, 6) is 0.0747. The van der Waals surface area contributed by atoms with Gasteiger partial charge >= 0.3 is 6.01 Å². The number of hydrogen-bond donors (Lipinski definition) is 2. The summed E-state index contributed by atoms with van der Waals surface area (Å²) in [6.07, 6.45) is 2.12. The molecule has 2 N–H and O–H groups in total. The molecule has 0 bridgehead atoms. The second-order valence-electron chi connectivity index (χ2n) is 6.70. The van der Waals surface area contributed by atoms with Gasteiger partial charge in [0.05, 0.1) is 28.2 Å². The molecule has 0 saturated carbocycles. The number of alkyl halides is 2. The van der Waals surface area contributed by atoms with Crippen molar-refractivity contribution in [1.82, 2.24) is 29.7 Å². The molecule has 0 aliphatic rings.